The third-order valence-corrected chi connectivity index (χ3v) is 3.37. The highest BCUT2D eigenvalue weighted by molar-refractivity contribution is 5.78. The Balaban J connectivity index is 2.75. The highest BCUT2D eigenvalue weighted by Crippen LogP contribution is 2.25. The molecule has 20 heavy (non-hydrogen) atoms. The molecule has 0 spiro atoms. The molecule has 0 aliphatic heterocycles. The molecule has 1 rings (SSSR count). The third-order valence-electron chi connectivity index (χ3n) is 3.37. The zero-order valence-corrected chi connectivity index (χ0v) is 13.0. The van der Waals surface area contributed by atoms with Gasteiger partial charge in [0.05, 0.1) is 12.6 Å². The van der Waals surface area contributed by atoms with Gasteiger partial charge in [-0.05, 0) is 38.9 Å². The number of hydrogen-bond donors (Lipinski definition) is 2. The number of carbonyl (C=O) groups is 1. The Morgan fingerprint density at radius 1 is 1.45 bits per heavy atom. The van der Waals surface area contributed by atoms with Crippen molar-refractivity contribution in [1.82, 2.24) is 10.2 Å². The Kier molecular flexibility index (Phi) is 6.75. The first-order valence-electron chi connectivity index (χ1n) is 7.28. The lowest BCUT2D eigenvalue weighted by Crippen LogP contribution is -2.43. The zero-order valence-electron chi connectivity index (χ0n) is 13.0. The minimum atomic E-state index is -0.0823. The van der Waals surface area contributed by atoms with Gasteiger partial charge in [0, 0.05) is 12.6 Å². The lowest BCUT2D eigenvalue weighted by atomic mass is 10.0. The molecule has 0 saturated heterocycles. The summed E-state index contributed by atoms with van der Waals surface area (Å²) in [5, 5.41) is 2.88. The van der Waals surface area contributed by atoms with E-state index in [-0.39, 0.29) is 18.0 Å². The minimum absolute atomic E-state index is 0.0194. The van der Waals surface area contributed by atoms with Gasteiger partial charge in [-0.15, -0.1) is 0 Å². The molecule has 114 valence electrons. The first-order chi connectivity index (χ1) is 9.49. The van der Waals surface area contributed by atoms with Crippen molar-refractivity contribution in [2.45, 2.75) is 45.7 Å². The van der Waals surface area contributed by atoms with Gasteiger partial charge in [0.25, 0.3) is 0 Å². The van der Waals surface area contributed by atoms with Crippen LogP contribution >= 0.6 is 0 Å². The Hall–Kier alpha value is -1.33. The number of rotatable bonds is 8. The second-order valence-corrected chi connectivity index (χ2v) is 5.23. The number of amides is 1. The lowest BCUT2D eigenvalue weighted by Gasteiger charge is -2.30. The van der Waals surface area contributed by atoms with Crippen molar-refractivity contribution in [2.24, 2.45) is 5.73 Å². The summed E-state index contributed by atoms with van der Waals surface area (Å²) < 4.78 is 5.70. The van der Waals surface area contributed by atoms with E-state index in [2.05, 4.69) is 5.32 Å². The van der Waals surface area contributed by atoms with E-state index in [9.17, 15) is 4.79 Å². The number of nitrogens with one attached hydrogen (secondary N) is 1. The van der Waals surface area contributed by atoms with Crippen molar-refractivity contribution in [3.05, 3.63) is 23.7 Å². The molecule has 0 radical (unpaired) electrons. The van der Waals surface area contributed by atoms with Crippen molar-refractivity contribution >= 4 is 5.91 Å². The fourth-order valence-corrected chi connectivity index (χ4v) is 2.24. The van der Waals surface area contributed by atoms with Crippen LogP contribution in [0.2, 0.25) is 0 Å². The summed E-state index contributed by atoms with van der Waals surface area (Å²) in [6.45, 7) is 7.00. The number of aryl methyl sites for hydroxylation is 1. The zero-order chi connectivity index (χ0) is 15.1. The standard InChI is InChI=1S/C15H27N3O2/c1-5-9-17-14(19)10-18(4)15(12(16)6-2)13-8-7-11(3)20-13/h7-8,12,15H,5-6,9-10,16H2,1-4H3,(H,17,19). The van der Waals surface area contributed by atoms with E-state index in [1.165, 1.54) is 0 Å². The van der Waals surface area contributed by atoms with Gasteiger partial charge in [-0.25, -0.2) is 0 Å². The molecule has 0 aliphatic rings. The molecule has 5 heteroatoms. The molecule has 3 N–H and O–H groups in total. The largest absolute Gasteiger partial charge is 0.465 e. The molecule has 2 atom stereocenters. The van der Waals surface area contributed by atoms with Crippen LogP contribution < -0.4 is 11.1 Å². The second-order valence-electron chi connectivity index (χ2n) is 5.23. The normalized spacial score (nSPS) is 14.3. The van der Waals surface area contributed by atoms with Gasteiger partial charge in [0.15, 0.2) is 0 Å². The summed E-state index contributed by atoms with van der Waals surface area (Å²) in [4.78, 5) is 13.8. The summed E-state index contributed by atoms with van der Waals surface area (Å²) in [6, 6.07) is 3.72. The van der Waals surface area contributed by atoms with Crippen LogP contribution in [-0.4, -0.2) is 37.0 Å². The smallest absolute Gasteiger partial charge is 0.234 e. The van der Waals surface area contributed by atoms with Crippen molar-refractivity contribution < 1.29 is 9.21 Å². The number of nitrogens with zero attached hydrogens (tertiary/aromatic N) is 1. The summed E-state index contributed by atoms with van der Waals surface area (Å²) >= 11 is 0. The molecule has 2 unspecified atom stereocenters. The van der Waals surface area contributed by atoms with E-state index in [0.29, 0.717) is 13.1 Å². The fraction of sp³-hybridized carbons (Fsp3) is 0.667. The third kappa shape index (κ3) is 4.65. The fourth-order valence-electron chi connectivity index (χ4n) is 2.24. The molecule has 1 aromatic rings. The molecule has 1 heterocycles. The monoisotopic (exact) mass is 281 g/mol. The number of likely N-dealkylation sites (N-methyl/N-ethyl adjacent to an activating group) is 1. The molecular formula is C15H27N3O2. The maximum atomic E-state index is 11.8. The molecule has 5 nitrogen and oxygen atoms in total. The molecule has 1 aromatic heterocycles. The summed E-state index contributed by atoms with van der Waals surface area (Å²) in [5.74, 6) is 1.70. The first-order valence-corrected chi connectivity index (χ1v) is 7.28. The van der Waals surface area contributed by atoms with Crippen molar-refractivity contribution in [1.29, 1.82) is 0 Å². The Bertz CT molecular complexity index is 417. The maximum absolute atomic E-state index is 11.8. The van der Waals surface area contributed by atoms with Crippen LogP contribution in [0.3, 0.4) is 0 Å². The molecule has 0 aliphatic carbocycles. The molecule has 0 fully saturated rings. The molecule has 1 amide bonds. The van der Waals surface area contributed by atoms with E-state index >= 15 is 0 Å². The van der Waals surface area contributed by atoms with Gasteiger partial charge in [-0.1, -0.05) is 13.8 Å². The Morgan fingerprint density at radius 3 is 2.65 bits per heavy atom. The summed E-state index contributed by atoms with van der Waals surface area (Å²) in [5.41, 5.74) is 6.20. The molecule has 0 bridgehead atoms. The van der Waals surface area contributed by atoms with Crippen molar-refractivity contribution in [3.63, 3.8) is 0 Å². The van der Waals surface area contributed by atoms with Crippen LogP contribution in [0.25, 0.3) is 0 Å². The average Bonchev–Trinajstić information content (AvgIpc) is 2.82. The summed E-state index contributed by atoms with van der Waals surface area (Å²) in [7, 11) is 1.91. The highest BCUT2D eigenvalue weighted by Gasteiger charge is 2.27. The Morgan fingerprint density at radius 2 is 2.15 bits per heavy atom. The number of carbonyl (C=O) groups excluding carboxylic acids is 1. The van der Waals surface area contributed by atoms with Gasteiger partial charge in [-0.2, -0.15) is 0 Å². The van der Waals surface area contributed by atoms with Crippen molar-refractivity contribution in [2.75, 3.05) is 20.1 Å². The Labute approximate surface area is 121 Å². The maximum Gasteiger partial charge on any atom is 0.234 e. The van der Waals surface area contributed by atoms with Crippen LogP contribution in [0.1, 0.15) is 44.3 Å². The van der Waals surface area contributed by atoms with Gasteiger partial charge in [0.2, 0.25) is 5.91 Å². The molecule has 0 aromatic carbocycles. The van der Waals surface area contributed by atoms with E-state index in [0.717, 1.165) is 24.4 Å². The van der Waals surface area contributed by atoms with Crippen LogP contribution in [0.15, 0.2) is 16.5 Å². The predicted octanol–water partition coefficient (Wildman–Crippen LogP) is 1.82. The topological polar surface area (TPSA) is 71.5 Å². The van der Waals surface area contributed by atoms with Crippen LogP contribution in [0, 0.1) is 6.92 Å². The van der Waals surface area contributed by atoms with Gasteiger partial charge < -0.3 is 15.5 Å². The number of nitrogens with two attached hydrogens (primary N) is 1. The quantitative estimate of drug-likeness (QED) is 0.762. The molecular weight excluding hydrogens is 254 g/mol. The first kappa shape index (κ1) is 16.7. The second kappa shape index (κ2) is 8.07. The lowest BCUT2D eigenvalue weighted by molar-refractivity contribution is -0.122. The SMILES string of the molecule is CCCNC(=O)CN(C)C(c1ccc(C)o1)C(N)CC. The van der Waals surface area contributed by atoms with E-state index in [1.807, 2.05) is 44.9 Å². The van der Waals surface area contributed by atoms with Crippen LogP contribution in [-0.2, 0) is 4.79 Å². The van der Waals surface area contributed by atoms with Gasteiger partial charge >= 0.3 is 0 Å². The van der Waals surface area contributed by atoms with E-state index in [1.54, 1.807) is 0 Å². The van der Waals surface area contributed by atoms with Gasteiger partial charge in [-0.3, -0.25) is 9.69 Å². The van der Waals surface area contributed by atoms with Crippen LogP contribution in [0.5, 0.6) is 0 Å². The number of furan rings is 1. The van der Waals surface area contributed by atoms with Gasteiger partial charge in [0.1, 0.15) is 11.5 Å². The summed E-state index contributed by atoms with van der Waals surface area (Å²) in [6.07, 6.45) is 1.76. The van der Waals surface area contributed by atoms with Crippen LogP contribution in [0.4, 0.5) is 0 Å². The van der Waals surface area contributed by atoms with Crippen molar-refractivity contribution in [3.8, 4) is 0 Å². The van der Waals surface area contributed by atoms with E-state index in [4.69, 9.17) is 10.2 Å². The predicted molar refractivity (Wildman–Crippen MR) is 80.4 cm³/mol. The number of hydrogen-bond acceptors (Lipinski definition) is 4. The van der Waals surface area contributed by atoms with E-state index < -0.39 is 0 Å². The minimum Gasteiger partial charge on any atom is -0.465 e. The average molecular weight is 281 g/mol. The molecule has 0 saturated carbocycles. The highest BCUT2D eigenvalue weighted by atomic mass is 16.3.